The van der Waals surface area contributed by atoms with Crippen LogP contribution in [0.5, 0.6) is 11.5 Å². The first-order valence-corrected chi connectivity index (χ1v) is 9.69. The van der Waals surface area contributed by atoms with Gasteiger partial charge in [0.1, 0.15) is 0 Å². The molecule has 4 aliphatic rings. The number of aromatic amines is 1. The predicted molar refractivity (Wildman–Crippen MR) is 98.1 cm³/mol. The molecule has 138 valence electrons. The van der Waals surface area contributed by atoms with E-state index in [2.05, 4.69) is 22.3 Å². The molecule has 2 aromatic rings. The SMILES string of the molecule is O=C([C@H]1C[C@@H]2C=C[C@H]1C2)N1CCc2[nH]nc(-c3ccc4c(c3)OCO4)c2C1. The van der Waals surface area contributed by atoms with Crippen molar-refractivity contribution in [2.24, 2.45) is 17.8 Å². The zero-order chi connectivity index (χ0) is 18.0. The molecule has 0 radical (unpaired) electrons. The van der Waals surface area contributed by atoms with Crippen molar-refractivity contribution in [3.05, 3.63) is 41.6 Å². The summed E-state index contributed by atoms with van der Waals surface area (Å²) in [4.78, 5) is 15.2. The van der Waals surface area contributed by atoms with Gasteiger partial charge in [-0.1, -0.05) is 12.2 Å². The summed E-state index contributed by atoms with van der Waals surface area (Å²) in [6.07, 6.45) is 7.54. The fraction of sp³-hybridized carbons (Fsp3) is 0.429. The van der Waals surface area contributed by atoms with E-state index in [0.717, 1.165) is 59.8 Å². The van der Waals surface area contributed by atoms with Crippen molar-refractivity contribution in [1.82, 2.24) is 15.1 Å². The summed E-state index contributed by atoms with van der Waals surface area (Å²) >= 11 is 0. The van der Waals surface area contributed by atoms with Gasteiger partial charge < -0.3 is 14.4 Å². The molecule has 1 N–H and O–H groups in total. The quantitative estimate of drug-likeness (QED) is 0.833. The highest BCUT2D eigenvalue weighted by Crippen LogP contribution is 2.45. The molecule has 1 aromatic carbocycles. The van der Waals surface area contributed by atoms with Crippen molar-refractivity contribution in [3.8, 4) is 22.8 Å². The number of hydrogen-bond acceptors (Lipinski definition) is 4. The smallest absolute Gasteiger partial charge is 0.231 e. The Morgan fingerprint density at radius 3 is 2.96 bits per heavy atom. The largest absolute Gasteiger partial charge is 0.454 e. The molecule has 3 heterocycles. The topological polar surface area (TPSA) is 67.5 Å². The lowest BCUT2D eigenvalue weighted by Crippen LogP contribution is -2.40. The number of carbonyl (C=O) groups is 1. The minimum absolute atomic E-state index is 0.169. The Morgan fingerprint density at radius 2 is 2.11 bits per heavy atom. The van der Waals surface area contributed by atoms with E-state index in [1.807, 2.05) is 23.1 Å². The normalized spacial score (nSPS) is 27.3. The first-order valence-electron chi connectivity index (χ1n) is 9.69. The first-order chi connectivity index (χ1) is 13.3. The van der Waals surface area contributed by atoms with Crippen LogP contribution < -0.4 is 9.47 Å². The van der Waals surface area contributed by atoms with Gasteiger partial charge in [-0.05, 0) is 42.9 Å². The average molecular weight is 363 g/mol. The van der Waals surface area contributed by atoms with Gasteiger partial charge in [0, 0.05) is 42.2 Å². The summed E-state index contributed by atoms with van der Waals surface area (Å²) in [6, 6.07) is 5.90. The summed E-state index contributed by atoms with van der Waals surface area (Å²) in [5.74, 6) is 3.06. The Morgan fingerprint density at radius 1 is 1.19 bits per heavy atom. The molecule has 0 unspecified atom stereocenters. The number of nitrogens with zero attached hydrogens (tertiary/aromatic N) is 2. The van der Waals surface area contributed by atoms with Crippen molar-refractivity contribution >= 4 is 5.91 Å². The maximum Gasteiger partial charge on any atom is 0.231 e. The van der Waals surface area contributed by atoms with Crippen LogP contribution in [0, 0.1) is 17.8 Å². The van der Waals surface area contributed by atoms with Gasteiger partial charge in [-0.2, -0.15) is 5.10 Å². The third kappa shape index (κ3) is 2.32. The Hall–Kier alpha value is -2.76. The third-order valence-electron chi connectivity index (χ3n) is 6.49. The van der Waals surface area contributed by atoms with Gasteiger partial charge in [0.05, 0.1) is 5.69 Å². The second-order valence-electron chi connectivity index (χ2n) is 7.99. The van der Waals surface area contributed by atoms with Crippen molar-refractivity contribution < 1.29 is 14.3 Å². The van der Waals surface area contributed by atoms with E-state index in [-0.39, 0.29) is 12.7 Å². The summed E-state index contributed by atoms with van der Waals surface area (Å²) in [5.41, 5.74) is 4.18. The highest BCUT2D eigenvalue weighted by atomic mass is 16.7. The molecule has 0 saturated heterocycles. The lowest BCUT2D eigenvalue weighted by molar-refractivity contribution is -0.137. The highest BCUT2D eigenvalue weighted by Gasteiger charge is 2.42. The Labute approximate surface area is 157 Å². The van der Waals surface area contributed by atoms with Gasteiger partial charge in [0.2, 0.25) is 12.7 Å². The molecule has 27 heavy (non-hydrogen) atoms. The second-order valence-corrected chi connectivity index (χ2v) is 7.99. The molecule has 6 nitrogen and oxygen atoms in total. The predicted octanol–water partition coefficient (Wildman–Crippen LogP) is 2.90. The molecule has 1 aromatic heterocycles. The van der Waals surface area contributed by atoms with Gasteiger partial charge in [-0.3, -0.25) is 9.89 Å². The molecule has 3 atom stereocenters. The van der Waals surface area contributed by atoms with E-state index in [1.165, 1.54) is 0 Å². The molecule has 0 spiro atoms. The van der Waals surface area contributed by atoms with Crippen LogP contribution in [-0.2, 0) is 17.8 Å². The molecular weight excluding hydrogens is 342 g/mol. The van der Waals surface area contributed by atoms with Crippen LogP contribution in [0.15, 0.2) is 30.4 Å². The number of ether oxygens (including phenoxy) is 2. The molecule has 2 aliphatic carbocycles. The van der Waals surface area contributed by atoms with Crippen molar-refractivity contribution in [3.63, 3.8) is 0 Å². The summed E-state index contributed by atoms with van der Waals surface area (Å²) in [6.45, 7) is 1.66. The number of H-pyrrole nitrogens is 1. The van der Waals surface area contributed by atoms with E-state index < -0.39 is 0 Å². The number of fused-ring (bicyclic) bond motifs is 4. The number of aromatic nitrogens is 2. The third-order valence-corrected chi connectivity index (χ3v) is 6.49. The summed E-state index contributed by atoms with van der Waals surface area (Å²) in [7, 11) is 0. The van der Waals surface area contributed by atoms with Gasteiger partial charge >= 0.3 is 0 Å². The zero-order valence-corrected chi connectivity index (χ0v) is 15.0. The van der Waals surface area contributed by atoms with Crippen LogP contribution in [0.1, 0.15) is 24.1 Å². The van der Waals surface area contributed by atoms with Gasteiger partial charge in [-0.15, -0.1) is 0 Å². The van der Waals surface area contributed by atoms with E-state index >= 15 is 0 Å². The molecular formula is C21H21N3O3. The lowest BCUT2D eigenvalue weighted by atomic mass is 9.91. The van der Waals surface area contributed by atoms with Crippen LogP contribution in [-0.4, -0.2) is 34.3 Å². The molecule has 6 heteroatoms. The van der Waals surface area contributed by atoms with Crippen LogP contribution in [0.3, 0.4) is 0 Å². The van der Waals surface area contributed by atoms with Crippen LogP contribution in [0.25, 0.3) is 11.3 Å². The van der Waals surface area contributed by atoms with Gasteiger partial charge in [0.25, 0.3) is 0 Å². The molecule has 2 aliphatic heterocycles. The van der Waals surface area contributed by atoms with Crippen molar-refractivity contribution in [2.45, 2.75) is 25.8 Å². The van der Waals surface area contributed by atoms with Crippen molar-refractivity contribution in [2.75, 3.05) is 13.3 Å². The fourth-order valence-corrected chi connectivity index (χ4v) is 5.06. The Balaban J connectivity index is 1.28. The maximum absolute atomic E-state index is 13.1. The average Bonchev–Trinajstić information content (AvgIpc) is 3.49. The summed E-state index contributed by atoms with van der Waals surface area (Å²) in [5, 5.41) is 7.73. The molecule has 1 fully saturated rings. The number of nitrogens with one attached hydrogen (secondary N) is 1. The number of hydrogen-bond donors (Lipinski definition) is 1. The second kappa shape index (κ2) is 5.62. The minimum atomic E-state index is 0.169. The fourth-order valence-electron chi connectivity index (χ4n) is 5.06. The monoisotopic (exact) mass is 363 g/mol. The van der Waals surface area contributed by atoms with E-state index in [9.17, 15) is 4.79 Å². The molecule has 1 amide bonds. The summed E-state index contributed by atoms with van der Waals surface area (Å²) < 4.78 is 10.9. The maximum atomic E-state index is 13.1. The van der Waals surface area contributed by atoms with Crippen LogP contribution >= 0.6 is 0 Å². The van der Waals surface area contributed by atoms with Gasteiger partial charge in [-0.25, -0.2) is 0 Å². The Kier molecular flexibility index (Phi) is 3.19. The minimum Gasteiger partial charge on any atom is -0.454 e. The zero-order valence-electron chi connectivity index (χ0n) is 15.0. The number of rotatable bonds is 2. The number of carbonyl (C=O) groups excluding carboxylic acids is 1. The first kappa shape index (κ1) is 15.3. The Bertz CT molecular complexity index is 964. The standard InChI is InChI=1S/C21H21N3O3/c25-21(15-8-12-1-2-13(15)7-12)24-6-5-17-16(10-24)20(23-22-17)14-3-4-18-19(9-14)27-11-26-18/h1-4,9,12-13,15H,5-8,10-11H2,(H,22,23)/t12-,13+,15+/m1/s1. The van der Waals surface area contributed by atoms with E-state index in [1.54, 1.807) is 0 Å². The van der Waals surface area contributed by atoms with Crippen molar-refractivity contribution in [1.29, 1.82) is 0 Å². The van der Waals surface area contributed by atoms with E-state index in [4.69, 9.17) is 9.47 Å². The van der Waals surface area contributed by atoms with Crippen LogP contribution in [0.2, 0.25) is 0 Å². The molecule has 1 saturated carbocycles. The van der Waals surface area contributed by atoms with E-state index in [0.29, 0.717) is 24.3 Å². The number of benzene rings is 1. The molecule has 6 rings (SSSR count). The molecule has 2 bridgehead atoms. The van der Waals surface area contributed by atoms with Crippen LogP contribution in [0.4, 0.5) is 0 Å². The number of allylic oxidation sites excluding steroid dienone is 2. The van der Waals surface area contributed by atoms with Gasteiger partial charge in [0.15, 0.2) is 11.5 Å². The number of amides is 1. The highest BCUT2D eigenvalue weighted by molar-refractivity contribution is 5.81. The lowest BCUT2D eigenvalue weighted by Gasteiger charge is -2.31.